The van der Waals surface area contributed by atoms with E-state index < -0.39 is 20.7 Å². The van der Waals surface area contributed by atoms with Gasteiger partial charge in [-0.15, -0.1) is 11.3 Å². The molecule has 0 saturated heterocycles. The van der Waals surface area contributed by atoms with Gasteiger partial charge in [0.05, 0.1) is 6.61 Å². The highest BCUT2D eigenvalue weighted by atomic mass is 32.2. The van der Waals surface area contributed by atoms with Crippen molar-refractivity contribution in [3.63, 3.8) is 0 Å². The summed E-state index contributed by atoms with van der Waals surface area (Å²) in [5.41, 5.74) is 0.316. The van der Waals surface area contributed by atoms with Crippen LogP contribution in [0.5, 0.6) is 0 Å². The van der Waals surface area contributed by atoms with Gasteiger partial charge in [0.1, 0.15) is 10.7 Å². The van der Waals surface area contributed by atoms with Gasteiger partial charge in [-0.2, -0.15) is 0 Å². The highest BCUT2D eigenvalue weighted by Gasteiger charge is 2.20. The molecule has 0 aliphatic carbocycles. The maximum Gasteiger partial charge on any atom is 0.266 e. The van der Waals surface area contributed by atoms with Crippen molar-refractivity contribution in [2.75, 3.05) is 4.72 Å². The summed E-state index contributed by atoms with van der Waals surface area (Å²) in [6.07, 6.45) is 1.43. The first-order chi connectivity index (χ1) is 8.53. The number of hydrogen-bond donors (Lipinski definition) is 2. The molecule has 0 aliphatic rings. The first-order valence-electron chi connectivity index (χ1n) is 4.84. The smallest absolute Gasteiger partial charge is 0.266 e. The molecule has 2 N–H and O–H groups in total. The quantitative estimate of drug-likeness (QED) is 0.895. The van der Waals surface area contributed by atoms with E-state index in [4.69, 9.17) is 5.11 Å². The van der Waals surface area contributed by atoms with Gasteiger partial charge in [0.15, 0.2) is 5.13 Å². The monoisotopic (exact) mass is 288 g/mol. The average molecular weight is 288 g/mol. The molecule has 5 nitrogen and oxygen atoms in total. The molecular formula is C10H9FN2O3S2. The number of aliphatic hydroxyl groups is 1. The molecule has 0 bridgehead atoms. The molecule has 1 heterocycles. The summed E-state index contributed by atoms with van der Waals surface area (Å²) in [6.45, 7) is -0.361. The normalized spacial score (nSPS) is 11.4. The fourth-order valence-corrected chi connectivity index (χ4v) is 3.21. The lowest BCUT2D eigenvalue weighted by molar-refractivity contribution is 0.281. The molecule has 2 aromatic rings. The van der Waals surface area contributed by atoms with Gasteiger partial charge in [-0.1, -0.05) is 6.07 Å². The van der Waals surface area contributed by atoms with Crippen LogP contribution in [0.15, 0.2) is 34.7 Å². The predicted octanol–water partition coefficient (Wildman–Crippen LogP) is 1.58. The van der Waals surface area contributed by atoms with Crippen LogP contribution < -0.4 is 4.72 Å². The summed E-state index contributed by atoms with van der Waals surface area (Å²) >= 11 is 1.09. The standard InChI is InChI=1S/C10H9FN2O3S2/c11-8-2-1-7(6-14)5-9(8)18(15,16)13-10-12-3-4-17-10/h1-5,14H,6H2,(H,12,13). The highest BCUT2D eigenvalue weighted by molar-refractivity contribution is 7.93. The fourth-order valence-electron chi connectivity index (χ4n) is 1.30. The lowest BCUT2D eigenvalue weighted by Crippen LogP contribution is -2.14. The highest BCUT2D eigenvalue weighted by Crippen LogP contribution is 2.21. The third-order valence-corrected chi connectivity index (χ3v) is 4.29. The number of rotatable bonds is 4. The van der Waals surface area contributed by atoms with Crippen molar-refractivity contribution in [2.45, 2.75) is 11.5 Å². The Bertz CT molecular complexity index is 641. The lowest BCUT2D eigenvalue weighted by atomic mass is 10.2. The Balaban J connectivity index is 2.40. The van der Waals surface area contributed by atoms with Crippen LogP contribution in [0.4, 0.5) is 9.52 Å². The van der Waals surface area contributed by atoms with Crippen molar-refractivity contribution < 1.29 is 17.9 Å². The minimum absolute atomic E-state index is 0.156. The van der Waals surface area contributed by atoms with Crippen molar-refractivity contribution in [1.82, 2.24) is 4.98 Å². The molecule has 0 fully saturated rings. The van der Waals surface area contributed by atoms with Crippen LogP contribution in [-0.2, 0) is 16.6 Å². The summed E-state index contributed by atoms with van der Waals surface area (Å²) in [5.74, 6) is -0.878. The fraction of sp³-hybridized carbons (Fsp3) is 0.100. The van der Waals surface area contributed by atoms with E-state index in [2.05, 4.69) is 9.71 Å². The van der Waals surface area contributed by atoms with Crippen LogP contribution in [0, 0.1) is 5.82 Å². The van der Waals surface area contributed by atoms with Gasteiger partial charge in [-0.25, -0.2) is 17.8 Å². The van der Waals surface area contributed by atoms with Crippen molar-refractivity contribution >= 4 is 26.5 Å². The van der Waals surface area contributed by atoms with Gasteiger partial charge in [0.2, 0.25) is 0 Å². The molecule has 0 saturated carbocycles. The van der Waals surface area contributed by atoms with E-state index in [0.29, 0.717) is 5.56 Å². The molecular weight excluding hydrogens is 279 g/mol. The summed E-state index contributed by atoms with van der Waals surface area (Å²) in [5, 5.41) is 10.7. The predicted molar refractivity (Wildman–Crippen MR) is 65.2 cm³/mol. The number of thiazole rings is 1. The first kappa shape index (κ1) is 12.9. The van der Waals surface area contributed by atoms with Gasteiger partial charge in [0, 0.05) is 11.6 Å². The second-order valence-corrected chi connectivity index (χ2v) is 5.91. The van der Waals surface area contributed by atoms with E-state index in [0.717, 1.165) is 23.5 Å². The molecule has 2 rings (SSSR count). The SMILES string of the molecule is O=S(=O)(Nc1nccs1)c1cc(CO)ccc1F. The van der Waals surface area contributed by atoms with Crippen LogP contribution in [0.2, 0.25) is 0 Å². The van der Waals surface area contributed by atoms with Crippen LogP contribution in [0.1, 0.15) is 5.56 Å². The first-order valence-corrected chi connectivity index (χ1v) is 7.21. The van der Waals surface area contributed by atoms with Crippen LogP contribution >= 0.6 is 11.3 Å². The molecule has 96 valence electrons. The van der Waals surface area contributed by atoms with Gasteiger partial charge < -0.3 is 5.11 Å². The molecule has 18 heavy (non-hydrogen) atoms. The largest absolute Gasteiger partial charge is 0.392 e. The lowest BCUT2D eigenvalue weighted by Gasteiger charge is -2.07. The number of aromatic nitrogens is 1. The Morgan fingerprint density at radius 3 is 2.83 bits per heavy atom. The zero-order chi connectivity index (χ0) is 13.2. The maximum atomic E-state index is 13.5. The molecule has 0 unspecified atom stereocenters. The topological polar surface area (TPSA) is 79.3 Å². The van der Waals surface area contributed by atoms with Crippen LogP contribution in [0.25, 0.3) is 0 Å². The van der Waals surface area contributed by atoms with E-state index in [1.54, 1.807) is 5.38 Å². The average Bonchev–Trinajstić information content (AvgIpc) is 2.81. The van der Waals surface area contributed by atoms with Crippen molar-refractivity contribution in [1.29, 1.82) is 0 Å². The molecule has 8 heteroatoms. The Hall–Kier alpha value is -1.51. The zero-order valence-corrected chi connectivity index (χ0v) is 10.6. The minimum atomic E-state index is -4.03. The number of aliphatic hydroxyl groups excluding tert-OH is 1. The van der Waals surface area contributed by atoms with Crippen molar-refractivity contribution in [3.05, 3.63) is 41.2 Å². The molecule has 0 amide bonds. The Kier molecular flexibility index (Phi) is 3.60. The number of sulfonamides is 1. The molecule has 0 atom stereocenters. The molecule has 1 aromatic carbocycles. The number of halogens is 1. The zero-order valence-electron chi connectivity index (χ0n) is 9.00. The third-order valence-electron chi connectivity index (χ3n) is 2.12. The Morgan fingerprint density at radius 2 is 2.22 bits per heavy atom. The number of benzene rings is 1. The number of nitrogens with zero attached hydrogens (tertiary/aromatic N) is 1. The Morgan fingerprint density at radius 1 is 1.44 bits per heavy atom. The second kappa shape index (κ2) is 5.01. The Labute approximate surface area is 107 Å². The summed E-state index contributed by atoms with van der Waals surface area (Å²) in [7, 11) is -4.03. The van der Waals surface area contributed by atoms with E-state index >= 15 is 0 Å². The molecule has 0 radical (unpaired) electrons. The maximum absolute atomic E-state index is 13.5. The molecule has 0 aliphatic heterocycles. The number of nitrogens with one attached hydrogen (secondary N) is 1. The minimum Gasteiger partial charge on any atom is -0.392 e. The van der Waals surface area contributed by atoms with E-state index in [1.165, 1.54) is 12.3 Å². The second-order valence-electron chi connectivity index (χ2n) is 3.37. The van der Waals surface area contributed by atoms with Gasteiger partial charge in [0.25, 0.3) is 10.0 Å². The van der Waals surface area contributed by atoms with Crippen LogP contribution in [0.3, 0.4) is 0 Å². The van der Waals surface area contributed by atoms with E-state index in [1.807, 2.05) is 0 Å². The van der Waals surface area contributed by atoms with Crippen LogP contribution in [-0.4, -0.2) is 18.5 Å². The van der Waals surface area contributed by atoms with Gasteiger partial charge >= 0.3 is 0 Å². The van der Waals surface area contributed by atoms with Gasteiger partial charge in [-0.05, 0) is 17.7 Å². The summed E-state index contributed by atoms with van der Waals surface area (Å²) in [4.78, 5) is 3.25. The summed E-state index contributed by atoms with van der Waals surface area (Å²) < 4.78 is 39.5. The van der Waals surface area contributed by atoms with Crippen molar-refractivity contribution in [2.24, 2.45) is 0 Å². The van der Waals surface area contributed by atoms with Gasteiger partial charge in [-0.3, -0.25) is 4.72 Å². The third kappa shape index (κ3) is 2.66. The molecule has 1 aromatic heterocycles. The number of anilines is 1. The summed E-state index contributed by atoms with van der Waals surface area (Å²) in [6, 6.07) is 3.41. The molecule has 0 spiro atoms. The van der Waals surface area contributed by atoms with E-state index in [-0.39, 0.29) is 11.7 Å². The van der Waals surface area contributed by atoms with Crippen molar-refractivity contribution in [3.8, 4) is 0 Å². The number of hydrogen-bond acceptors (Lipinski definition) is 5. The van der Waals surface area contributed by atoms with E-state index in [9.17, 15) is 12.8 Å².